The summed E-state index contributed by atoms with van der Waals surface area (Å²) in [6.07, 6.45) is 7.33. The molecule has 0 unspecified atom stereocenters. The molecule has 1 aromatic carbocycles. The summed E-state index contributed by atoms with van der Waals surface area (Å²) in [5, 5.41) is 7.63. The van der Waals surface area contributed by atoms with Crippen molar-refractivity contribution in [2.24, 2.45) is 5.92 Å². The van der Waals surface area contributed by atoms with E-state index in [-0.39, 0.29) is 12.4 Å². The van der Waals surface area contributed by atoms with Crippen LogP contribution in [0.2, 0.25) is 0 Å². The molecule has 1 aromatic heterocycles. The molecule has 4 nitrogen and oxygen atoms in total. The number of hydrogen-bond donors (Lipinski definition) is 1. The molecule has 3 rings (SSSR count). The van der Waals surface area contributed by atoms with Crippen LogP contribution in [0.4, 0.5) is 0 Å². The van der Waals surface area contributed by atoms with E-state index in [0.29, 0.717) is 0 Å². The lowest BCUT2D eigenvalue weighted by atomic mass is 9.97. The van der Waals surface area contributed by atoms with Gasteiger partial charge in [-0.05, 0) is 58.3 Å². The molecule has 2 aromatic rings. The largest absolute Gasteiger partial charge is 0.361 e. The Morgan fingerprint density at radius 1 is 1.12 bits per heavy atom. The Bertz CT molecular complexity index is 611. The van der Waals surface area contributed by atoms with Crippen molar-refractivity contribution < 1.29 is 4.52 Å². The third kappa shape index (κ3) is 6.75. The second-order valence-corrected chi connectivity index (χ2v) is 7.31. The van der Waals surface area contributed by atoms with Crippen LogP contribution in [0, 0.1) is 5.92 Å². The van der Waals surface area contributed by atoms with Crippen LogP contribution >= 0.6 is 12.4 Å². The summed E-state index contributed by atoms with van der Waals surface area (Å²) in [5.74, 6) is 1.89. The second-order valence-electron chi connectivity index (χ2n) is 7.31. The van der Waals surface area contributed by atoms with E-state index in [1.54, 1.807) is 0 Å². The Labute approximate surface area is 163 Å². The number of aryl methyl sites for hydroxylation is 1. The normalized spacial score (nSPS) is 15.2. The van der Waals surface area contributed by atoms with Gasteiger partial charge >= 0.3 is 0 Å². The van der Waals surface area contributed by atoms with Crippen molar-refractivity contribution in [3.05, 3.63) is 42.2 Å². The smallest absolute Gasteiger partial charge is 0.137 e. The minimum Gasteiger partial charge on any atom is -0.361 e. The Kier molecular flexibility index (Phi) is 9.16. The lowest BCUT2D eigenvalue weighted by Gasteiger charge is -2.27. The minimum absolute atomic E-state index is 0. The van der Waals surface area contributed by atoms with E-state index in [4.69, 9.17) is 4.52 Å². The molecule has 0 atom stereocenters. The predicted octanol–water partition coefficient (Wildman–Crippen LogP) is 4.41. The molecule has 0 bridgehead atoms. The fourth-order valence-electron chi connectivity index (χ4n) is 3.63. The van der Waals surface area contributed by atoms with Gasteiger partial charge in [-0.1, -0.05) is 41.9 Å². The van der Waals surface area contributed by atoms with Crippen molar-refractivity contribution >= 4 is 12.4 Å². The molecule has 0 aliphatic carbocycles. The molecule has 26 heavy (non-hydrogen) atoms. The van der Waals surface area contributed by atoms with E-state index >= 15 is 0 Å². The number of unbranched alkanes of at least 4 members (excludes halogenated alkanes) is 2. The lowest BCUT2D eigenvalue weighted by molar-refractivity contribution is 0.236. The molecule has 1 saturated heterocycles. The monoisotopic (exact) mass is 377 g/mol. The zero-order chi connectivity index (χ0) is 17.3. The van der Waals surface area contributed by atoms with Crippen molar-refractivity contribution in [1.29, 1.82) is 0 Å². The van der Waals surface area contributed by atoms with Crippen LogP contribution in [-0.4, -0.2) is 43.3 Å². The van der Waals surface area contributed by atoms with Crippen LogP contribution in [0.5, 0.6) is 0 Å². The van der Waals surface area contributed by atoms with Gasteiger partial charge in [0.05, 0.1) is 0 Å². The quantitative estimate of drug-likeness (QED) is 0.657. The van der Waals surface area contributed by atoms with Gasteiger partial charge in [0.15, 0.2) is 0 Å². The van der Waals surface area contributed by atoms with Gasteiger partial charge in [0.25, 0.3) is 0 Å². The highest BCUT2D eigenvalue weighted by Crippen LogP contribution is 2.19. The summed E-state index contributed by atoms with van der Waals surface area (Å²) in [7, 11) is 2.27. The van der Waals surface area contributed by atoms with Gasteiger partial charge in [0, 0.05) is 24.6 Å². The maximum absolute atomic E-state index is 5.48. The van der Waals surface area contributed by atoms with Crippen LogP contribution in [-0.2, 0) is 6.42 Å². The first-order valence-corrected chi connectivity index (χ1v) is 9.71. The number of rotatable bonds is 9. The van der Waals surface area contributed by atoms with E-state index in [0.717, 1.165) is 29.4 Å². The van der Waals surface area contributed by atoms with Crippen molar-refractivity contribution in [2.45, 2.75) is 38.5 Å². The molecule has 1 aliphatic rings. The first-order valence-electron chi connectivity index (χ1n) is 9.71. The standard InChI is InChI=1S/C21H31N3O.ClH/c1-24(17-18-11-13-22-14-12-18)15-7-3-6-10-20-16-21(23-25-20)19-8-4-2-5-9-19;/h2,4-5,8-9,16,18,22H,3,6-7,10-15,17H2,1H3;1H. The van der Waals surface area contributed by atoms with Gasteiger partial charge in [0.1, 0.15) is 11.5 Å². The van der Waals surface area contributed by atoms with Gasteiger partial charge in [-0.25, -0.2) is 0 Å². The number of nitrogens with one attached hydrogen (secondary N) is 1. The number of aromatic nitrogens is 1. The molecule has 2 heterocycles. The Morgan fingerprint density at radius 3 is 2.65 bits per heavy atom. The molecule has 0 saturated carbocycles. The van der Waals surface area contributed by atoms with Crippen LogP contribution in [0.1, 0.15) is 37.9 Å². The van der Waals surface area contributed by atoms with Crippen LogP contribution in [0.25, 0.3) is 11.3 Å². The van der Waals surface area contributed by atoms with Crippen molar-refractivity contribution in [3.63, 3.8) is 0 Å². The Balaban J connectivity index is 0.00000243. The molecule has 0 radical (unpaired) electrons. The Morgan fingerprint density at radius 2 is 1.88 bits per heavy atom. The van der Waals surface area contributed by atoms with Crippen molar-refractivity contribution in [3.8, 4) is 11.3 Å². The number of piperidine rings is 1. The second kappa shape index (κ2) is 11.4. The molecule has 1 fully saturated rings. The van der Waals surface area contributed by atoms with E-state index < -0.39 is 0 Å². The summed E-state index contributed by atoms with van der Waals surface area (Å²) in [4.78, 5) is 2.51. The molecule has 144 valence electrons. The summed E-state index contributed by atoms with van der Waals surface area (Å²) in [6, 6.07) is 12.3. The molecule has 5 heteroatoms. The lowest BCUT2D eigenvalue weighted by Crippen LogP contribution is -2.34. The molecule has 0 spiro atoms. The van der Waals surface area contributed by atoms with E-state index in [2.05, 4.69) is 40.6 Å². The van der Waals surface area contributed by atoms with Gasteiger partial charge in [-0.2, -0.15) is 0 Å². The maximum atomic E-state index is 5.48. The fraction of sp³-hybridized carbons (Fsp3) is 0.571. The zero-order valence-electron chi connectivity index (χ0n) is 15.8. The van der Waals surface area contributed by atoms with Crippen LogP contribution in [0.15, 0.2) is 40.9 Å². The van der Waals surface area contributed by atoms with Crippen LogP contribution < -0.4 is 5.32 Å². The third-order valence-corrected chi connectivity index (χ3v) is 5.12. The zero-order valence-corrected chi connectivity index (χ0v) is 16.6. The molecular weight excluding hydrogens is 346 g/mol. The molecular formula is C21H32ClN3O. The van der Waals surface area contributed by atoms with Gasteiger partial charge in [0.2, 0.25) is 0 Å². The number of halogens is 1. The predicted molar refractivity (Wildman–Crippen MR) is 110 cm³/mol. The van der Waals surface area contributed by atoms with Crippen molar-refractivity contribution in [2.75, 3.05) is 33.2 Å². The average molecular weight is 378 g/mol. The number of nitrogens with zero attached hydrogens (tertiary/aromatic N) is 2. The summed E-state index contributed by atoms with van der Waals surface area (Å²) < 4.78 is 5.48. The third-order valence-electron chi connectivity index (χ3n) is 5.12. The fourth-order valence-corrected chi connectivity index (χ4v) is 3.63. The van der Waals surface area contributed by atoms with Gasteiger partial charge < -0.3 is 14.7 Å². The highest BCUT2D eigenvalue weighted by atomic mass is 35.5. The SMILES string of the molecule is CN(CCCCCc1cc(-c2ccccc2)no1)CC1CCNCC1.Cl. The molecule has 1 N–H and O–H groups in total. The van der Waals surface area contributed by atoms with Crippen molar-refractivity contribution in [1.82, 2.24) is 15.4 Å². The maximum Gasteiger partial charge on any atom is 0.137 e. The van der Waals surface area contributed by atoms with E-state index in [1.165, 1.54) is 58.3 Å². The molecule has 1 aliphatic heterocycles. The number of hydrogen-bond acceptors (Lipinski definition) is 4. The first kappa shape index (κ1) is 20.9. The summed E-state index contributed by atoms with van der Waals surface area (Å²) in [6.45, 7) is 4.85. The van der Waals surface area contributed by atoms with E-state index in [9.17, 15) is 0 Å². The molecule has 0 amide bonds. The number of benzene rings is 1. The first-order chi connectivity index (χ1) is 12.3. The van der Waals surface area contributed by atoms with E-state index in [1.807, 2.05) is 18.2 Å². The van der Waals surface area contributed by atoms with Crippen LogP contribution in [0.3, 0.4) is 0 Å². The highest BCUT2D eigenvalue weighted by molar-refractivity contribution is 5.85. The minimum atomic E-state index is 0. The topological polar surface area (TPSA) is 41.3 Å². The summed E-state index contributed by atoms with van der Waals surface area (Å²) in [5.41, 5.74) is 2.06. The summed E-state index contributed by atoms with van der Waals surface area (Å²) >= 11 is 0. The van der Waals surface area contributed by atoms with Gasteiger partial charge in [-0.3, -0.25) is 0 Å². The van der Waals surface area contributed by atoms with Gasteiger partial charge in [-0.15, -0.1) is 12.4 Å². The average Bonchev–Trinajstić information content (AvgIpc) is 3.12. The highest BCUT2D eigenvalue weighted by Gasteiger charge is 2.14. The Hall–Kier alpha value is -1.36.